The summed E-state index contributed by atoms with van der Waals surface area (Å²) in [4.78, 5) is 24.8. The lowest BCUT2D eigenvalue weighted by Gasteiger charge is -2.45. The maximum Gasteiger partial charge on any atom is 0.410 e. The number of benzene rings is 1. The summed E-state index contributed by atoms with van der Waals surface area (Å²) in [5.74, 6) is 0. The van der Waals surface area contributed by atoms with Crippen molar-refractivity contribution in [1.82, 2.24) is 4.90 Å². The Morgan fingerprint density at radius 1 is 1.44 bits per heavy atom. The SMILES string of the molecule is CC(C)(C)OC(=O)N1CCC2(CC(Nc3cc(CO)ccc3[N+](=O)[O-])C2)C1. The lowest BCUT2D eigenvalue weighted by atomic mass is 9.65. The van der Waals surface area contributed by atoms with E-state index in [9.17, 15) is 20.0 Å². The quantitative estimate of drug-likeness (QED) is 0.616. The molecule has 2 aliphatic rings. The summed E-state index contributed by atoms with van der Waals surface area (Å²) in [5.41, 5.74) is 0.642. The van der Waals surface area contributed by atoms with Crippen molar-refractivity contribution in [2.24, 2.45) is 5.41 Å². The molecule has 148 valence electrons. The van der Waals surface area contributed by atoms with Crippen LogP contribution in [0.2, 0.25) is 0 Å². The number of aliphatic hydroxyl groups is 1. The number of likely N-dealkylation sites (tertiary alicyclic amines) is 1. The number of rotatable bonds is 4. The average molecular weight is 377 g/mol. The van der Waals surface area contributed by atoms with Gasteiger partial charge in [0.15, 0.2) is 0 Å². The van der Waals surface area contributed by atoms with Gasteiger partial charge in [0.2, 0.25) is 0 Å². The Labute approximate surface area is 158 Å². The van der Waals surface area contributed by atoms with Crippen molar-refractivity contribution in [3.63, 3.8) is 0 Å². The Bertz CT molecular complexity index is 737. The number of amides is 1. The third-order valence-electron chi connectivity index (χ3n) is 5.25. The normalized spacial score (nSPS) is 24.6. The van der Waals surface area contributed by atoms with Crippen molar-refractivity contribution in [3.05, 3.63) is 33.9 Å². The molecule has 1 aromatic carbocycles. The van der Waals surface area contributed by atoms with Gasteiger partial charge in [0.05, 0.1) is 11.5 Å². The maximum atomic E-state index is 12.2. The van der Waals surface area contributed by atoms with Gasteiger partial charge >= 0.3 is 6.09 Å². The lowest BCUT2D eigenvalue weighted by Crippen LogP contribution is -2.47. The van der Waals surface area contributed by atoms with Crippen LogP contribution < -0.4 is 5.32 Å². The van der Waals surface area contributed by atoms with Gasteiger partial charge in [-0.3, -0.25) is 10.1 Å². The molecule has 1 amide bonds. The third kappa shape index (κ3) is 4.32. The monoisotopic (exact) mass is 377 g/mol. The molecule has 1 aliphatic carbocycles. The van der Waals surface area contributed by atoms with E-state index in [4.69, 9.17) is 4.74 Å². The van der Waals surface area contributed by atoms with Crippen LogP contribution in [0.4, 0.5) is 16.2 Å². The summed E-state index contributed by atoms with van der Waals surface area (Å²) < 4.78 is 5.45. The van der Waals surface area contributed by atoms with Gasteiger partial charge < -0.3 is 20.1 Å². The Kier molecular flexibility index (Phi) is 5.03. The molecule has 0 unspecified atom stereocenters. The predicted octanol–water partition coefficient (Wildman–Crippen LogP) is 3.29. The highest BCUT2D eigenvalue weighted by atomic mass is 16.6. The molecule has 0 bridgehead atoms. The van der Waals surface area contributed by atoms with Crippen LogP contribution in [0.1, 0.15) is 45.6 Å². The number of nitro groups is 1. The van der Waals surface area contributed by atoms with E-state index in [0.717, 1.165) is 19.3 Å². The van der Waals surface area contributed by atoms with E-state index in [1.807, 2.05) is 20.8 Å². The first-order valence-electron chi connectivity index (χ1n) is 9.23. The van der Waals surface area contributed by atoms with Gasteiger partial charge in [-0.2, -0.15) is 0 Å². The number of hydrogen-bond donors (Lipinski definition) is 2. The fraction of sp³-hybridized carbons (Fsp3) is 0.632. The number of carbonyl (C=O) groups excluding carboxylic acids is 1. The van der Waals surface area contributed by atoms with E-state index in [1.54, 1.807) is 17.0 Å². The molecule has 2 fully saturated rings. The van der Waals surface area contributed by atoms with Crippen molar-refractivity contribution in [2.45, 2.75) is 58.3 Å². The summed E-state index contributed by atoms with van der Waals surface area (Å²) >= 11 is 0. The van der Waals surface area contributed by atoms with Crippen LogP contribution in [0.15, 0.2) is 18.2 Å². The first-order valence-corrected chi connectivity index (χ1v) is 9.23. The smallest absolute Gasteiger partial charge is 0.410 e. The summed E-state index contributed by atoms with van der Waals surface area (Å²) in [6.07, 6.45) is 2.35. The zero-order valence-corrected chi connectivity index (χ0v) is 16.0. The molecule has 1 saturated carbocycles. The Morgan fingerprint density at radius 3 is 2.74 bits per heavy atom. The largest absolute Gasteiger partial charge is 0.444 e. The van der Waals surface area contributed by atoms with Crippen LogP contribution in [0.3, 0.4) is 0 Å². The second-order valence-electron chi connectivity index (χ2n) is 8.67. The minimum Gasteiger partial charge on any atom is -0.444 e. The molecule has 8 nitrogen and oxygen atoms in total. The molecule has 1 aliphatic heterocycles. The highest BCUT2D eigenvalue weighted by Crippen LogP contribution is 2.49. The van der Waals surface area contributed by atoms with E-state index in [-0.39, 0.29) is 29.8 Å². The van der Waals surface area contributed by atoms with Gasteiger partial charge in [-0.25, -0.2) is 4.79 Å². The van der Waals surface area contributed by atoms with Crippen molar-refractivity contribution >= 4 is 17.5 Å². The Morgan fingerprint density at radius 2 is 2.15 bits per heavy atom. The molecule has 1 aromatic rings. The predicted molar refractivity (Wildman–Crippen MR) is 101 cm³/mol. The van der Waals surface area contributed by atoms with Crippen molar-refractivity contribution < 1.29 is 19.6 Å². The van der Waals surface area contributed by atoms with Gasteiger partial charge in [0.25, 0.3) is 5.69 Å². The molecule has 0 aromatic heterocycles. The molecule has 1 saturated heterocycles. The number of ether oxygens (including phenoxy) is 1. The number of carbonyl (C=O) groups is 1. The van der Waals surface area contributed by atoms with E-state index in [0.29, 0.717) is 24.3 Å². The summed E-state index contributed by atoms with van der Waals surface area (Å²) in [5, 5.41) is 23.8. The zero-order chi connectivity index (χ0) is 19.8. The second-order valence-corrected chi connectivity index (χ2v) is 8.67. The van der Waals surface area contributed by atoms with Gasteiger partial charge in [-0.1, -0.05) is 0 Å². The third-order valence-corrected chi connectivity index (χ3v) is 5.25. The van der Waals surface area contributed by atoms with E-state index in [1.165, 1.54) is 6.07 Å². The molecular weight excluding hydrogens is 350 g/mol. The van der Waals surface area contributed by atoms with Crippen LogP contribution in [0.25, 0.3) is 0 Å². The molecule has 3 rings (SSSR count). The van der Waals surface area contributed by atoms with E-state index < -0.39 is 10.5 Å². The van der Waals surface area contributed by atoms with Crippen molar-refractivity contribution in [1.29, 1.82) is 0 Å². The van der Waals surface area contributed by atoms with Gasteiger partial charge in [-0.05, 0) is 63.1 Å². The highest BCUT2D eigenvalue weighted by Gasteiger charge is 2.50. The van der Waals surface area contributed by atoms with E-state index >= 15 is 0 Å². The molecule has 0 atom stereocenters. The maximum absolute atomic E-state index is 12.2. The minimum absolute atomic E-state index is 0.00922. The van der Waals surface area contributed by atoms with Gasteiger partial charge in [0, 0.05) is 25.2 Å². The summed E-state index contributed by atoms with van der Waals surface area (Å²) in [7, 11) is 0. The molecule has 27 heavy (non-hydrogen) atoms. The standard InChI is InChI=1S/C19H27N3O5/c1-18(2,3)27-17(24)21-7-6-19(12-21)9-14(10-19)20-15-8-13(11-23)4-5-16(15)22(25)26/h4-5,8,14,20,23H,6-7,9-12H2,1-3H3. The summed E-state index contributed by atoms with van der Waals surface area (Å²) in [6, 6.07) is 4.73. The molecule has 0 radical (unpaired) electrons. The van der Waals surface area contributed by atoms with Crippen LogP contribution in [0, 0.1) is 15.5 Å². The van der Waals surface area contributed by atoms with Crippen LogP contribution in [-0.2, 0) is 11.3 Å². The topological polar surface area (TPSA) is 105 Å². The fourth-order valence-electron chi connectivity index (χ4n) is 4.01. The van der Waals surface area contributed by atoms with Gasteiger partial charge in [0.1, 0.15) is 11.3 Å². The first-order chi connectivity index (χ1) is 12.6. The summed E-state index contributed by atoms with van der Waals surface area (Å²) in [6.45, 7) is 6.75. The lowest BCUT2D eigenvalue weighted by molar-refractivity contribution is -0.384. The van der Waals surface area contributed by atoms with E-state index in [2.05, 4.69) is 5.32 Å². The highest BCUT2D eigenvalue weighted by molar-refractivity contribution is 5.69. The molecule has 1 spiro atoms. The fourth-order valence-corrected chi connectivity index (χ4v) is 4.01. The number of nitrogens with zero attached hydrogens (tertiary/aromatic N) is 2. The number of hydrogen-bond acceptors (Lipinski definition) is 6. The Balaban J connectivity index is 1.59. The van der Waals surface area contributed by atoms with Crippen LogP contribution in [0.5, 0.6) is 0 Å². The Hall–Kier alpha value is -2.35. The molecule has 8 heteroatoms. The first kappa shape index (κ1) is 19.4. The van der Waals surface area contributed by atoms with Crippen molar-refractivity contribution in [3.8, 4) is 0 Å². The number of anilines is 1. The average Bonchev–Trinajstić information content (AvgIpc) is 2.98. The second kappa shape index (κ2) is 6.99. The van der Waals surface area contributed by atoms with Crippen molar-refractivity contribution in [2.75, 3.05) is 18.4 Å². The zero-order valence-electron chi connectivity index (χ0n) is 16.0. The van der Waals surface area contributed by atoms with Crippen LogP contribution in [-0.4, -0.2) is 45.8 Å². The molecular formula is C19H27N3O5. The van der Waals surface area contributed by atoms with Crippen LogP contribution >= 0.6 is 0 Å². The number of aliphatic hydroxyl groups excluding tert-OH is 1. The minimum atomic E-state index is -0.507. The number of nitrogens with one attached hydrogen (secondary N) is 1. The molecule has 2 N–H and O–H groups in total. The molecule has 1 heterocycles. The van der Waals surface area contributed by atoms with Gasteiger partial charge in [-0.15, -0.1) is 0 Å². The number of nitro benzene ring substituents is 1.